The van der Waals surface area contributed by atoms with Crippen molar-refractivity contribution in [2.45, 2.75) is 60.4 Å². The van der Waals surface area contributed by atoms with E-state index in [9.17, 15) is 0 Å². The Morgan fingerprint density at radius 2 is 1.57 bits per heavy atom. The van der Waals surface area contributed by atoms with Crippen LogP contribution in [0.25, 0.3) is 11.5 Å². The number of oxazole rings is 1. The van der Waals surface area contributed by atoms with E-state index in [1.807, 2.05) is 51.1 Å². The zero-order valence-corrected chi connectivity index (χ0v) is 22.8. The molecule has 4 nitrogen and oxygen atoms in total. The van der Waals surface area contributed by atoms with E-state index in [2.05, 4.69) is 75.6 Å². The zero-order valence-electron chi connectivity index (χ0n) is 21.8. The minimum Gasteiger partial charge on any atom is -0.493 e. The van der Waals surface area contributed by atoms with Crippen molar-refractivity contribution < 1.29 is 9.15 Å². The summed E-state index contributed by atoms with van der Waals surface area (Å²) in [5, 5.41) is 1.22. The molecular weight excluding hydrogens is 451 g/mol. The fraction of sp³-hybridized carbons (Fsp3) is 0.333. The second-order valence-corrected chi connectivity index (χ2v) is 9.31. The Labute approximate surface area is 212 Å². The van der Waals surface area contributed by atoms with Gasteiger partial charge in [-0.05, 0) is 81.4 Å². The molecule has 0 saturated carbocycles. The number of hydrogen-bond donors (Lipinski definition) is 0. The number of nitrogens with zero attached hydrogens (tertiary/aromatic N) is 2. The summed E-state index contributed by atoms with van der Waals surface area (Å²) >= 11 is 0. The molecular formula is C30H37N2O2P. The molecule has 0 amide bonds. The average molecular weight is 489 g/mol. The van der Waals surface area contributed by atoms with E-state index < -0.39 is 0 Å². The van der Waals surface area contributed by atoms with Gasteiger partial charge in [0.2, 0.25) is 5.89 Å². The van der Waals surface area contributed by atoms with Gasteiger partial charge in [-0.3, -0.25) is 0 Å². The molecule has 0 aliphatic rings. The van der Waals surface area contributed by atoms with Gasteiger partial charge in [0.1, 0.15) is 11.5 Å². The molecule has 2 heterocycles. The monoisotopic (exact) mass is 488 g/mol. The van der Waals surface area contributed by atoms with Crippen molar-refractivity contribution in [1.82, 2.24) is 9.55 Å². The summed E-state index contributed by atoms with van der Waals surface area (Å²) in [6.45, 7) is 13.0. The second-order valence-electron chi connectivity index (χ2n) is 8.52. The van der Waals surface area contributed by atoms with Gasteiger partial charge in [-0.1, -0.05) is 44.2 Å². The van der Waals surface area contributed by atoms with Crippen LogP contribution in [0.5, 0.6) is 5.75 Å². The maximum absolute atomic E-state index is 6.00. The Bertz CT molecular complexity index is 1200. The summed E-state index contributed by atoms with van der Waals surface area (Å²) in [7, 11) is 3.80. The zero-order chi connectivity index (χ0) is 25.4. The van der Waals surface area contributed by atoms with Gasteiger partial charge in [-0.2, -0.15) is 0 Å². The summed E-state index contributed by atoms with van der Waals surface area (Å²) in [5.41, 5.74) is 5.75. The predicted molar refractivity (Wildman–Crippen MR) is 149 cm³/mol. The maximum Gasteiger partial charge on any atom is 0.226 e. The first-order valence-corrected chi connectivity index (χ1v) is 12.9. The first-order valence-electron chi connectivity index (χ1n) is 12.4. The molecule has 1 atom stereocenters. The van der Waals surface area contributed by atoms with Crippen molar-refractivity contribution in [3.05, 3.63) is 95.1 Å². The largest absolute Gasteiger partial charge is 0.493 e. The molecule has 5 heteroatoms. The van der Waals surface area contributed by atoms with Crippen LogP contribution >= 0.6 is 8.86 Å². The summed E-state index contributed by atoms with van der Waals surface area (Å²) < 4.78 is 14.2. The third-order valence-electron chi connectivity index (χ3n) is 6.01. The molecule has 0 radical (unpaired) electrons. The van der Waals surface area contributed by atoms with Gasteiger partial charge < -0.3 is 13.7 Å². The highest BCUT2D eigenvalue weighted by atomic mass is 31.0. The van der Waals surface area contributed by atoms with Crippen LogP contribution in [0.4, 0.5) is 0 Å². The molecule has 4 rings (SSSR count). The van der Waals surface area contributed by atoms with Gasteiger partial charge in [-0.25, -0.2) is 4.98 Å². The number of aryl methyl sites for hydroxylation is 3. The minimum absolute atomic E-state index is 0.275. The van der Waals surface area contributed by atoms with Gasteiger partial charge in [0.25, 0.3) is 0 Å². The molecule has 4 aromatic rings. The van der Waals surface area contributed by atoms with Gasteiger partial charge in [-0.15, -0.1) is 8.86 Å². The highest BCUT2D eigenvalue weighted by Gasteiger charge is 2.17. The molecule has 184 valence electrons. The first-order chi connectivity index (χ1) is 16.9. The number of ether oxygens (including phenoxy) is 1. The Morgan fingerprint density at radius 1 is 0.943 bits per heavy atom. The van der Waals surface area contributed by atoms with Crippen LogP contribution in [0.1, 0.15) is 55.2 Å². The first kappa shape index (κ1) is 26.5. The Kier molecular flexibility index (Phi) is 9.51. The normalized spacial score (nSPS) is 11.5. The van der Waals surface area contributed by atoms with Crippen molar-refractivity contribution in [2.24, 2.45) is 0 Å². The van der Waals surface area contributed by atoms with Crippen LogP contribution in [0.15, 0.2) is 71.1 Å². The maximum atomic E-state index is 6.00. The molecule has 0 aliphatic heterocycles. The fourth-order valence-corrected chi connectivity index (χ4v) is 4.42. The minimum atomic E-state index is 0.275. The molecule has 0 aliphatic carbocycles. The lowest BCUT2D eigenvalue weighted by atomic mass is 10.0. The van der Waals surface area contributed by atoms with Crippen LogP contribution in [0.2, 0.25) is 0 Å². The SMILES string of the molecule is CC.CC(=P)C(Cc1ccc(OCCc2nc(-c3ccccc3)oc2C)cc1)n1c(C)ccc1C. The topological polar surface area (TPSA) is 40.2 Å². The molecule has 1 unspecified atom stereocenters. The van der Waals surface area contributed by atoms with Gasteiger partial charge >= 0.3 is 0 Å². The van der Waals surface area contributed by atoms with E-state index in [4.69, 9.17) is 9.15 Å². The number of benzene rings is 2. The van der Waals surface area contributed by atoms with Crippen molar-refractivity contribution in [2.75, 3.05) is 6.61 Å². The fourth-order valence-electron chi connectivity index (χ4n) is 4.18. The predicted octanol–water partition coefficient (Wildman–Crippen LogP) is 7.83. The van der Waals surface area contributed by atoms with Crippen molar-refractivity contribution in [3.63, 3.8) is 0 Å². The lowest BCUT2D eigenvalue weighted by molar-refractivity contribution is 0.320. The van der Waals surface area contributed by atoms with Crippen LogP contribution in [-0.2, 0) is 12.8 Å². The van der Waals surface area contributed by atoms with E-state index in [1.54, 1.807) is 0 Å². The van der Waals surface area contributed by atoms with Gasteiger partial charge in [0, 0.05) is 23.4 Å². The molecule has 0 saturated heterocycles. The van der Waals surface area contributed by atoms with Crippen LogP contribution < -0.4 is 4.74 Å². The van der Waals surface area contributed by atoms with Crippen molar-refractivity contribution in [3.8, 4) is 17.2 Å². The molecule has 35 heavy (non-hydrogen) atoms. The van der Waals surface area contributed by atoms with E-state index in [-0.39, 0.29) is 6.04 Å². The van der Waals surface area contributed by atoms with E-state index >= 15 is 0 Å². The Balaban J connectivity index is 0.00000167. The van der Waals surface area contributed by atoms with Crippen LogP contribution in [-0.4, -0.2) is 21.5 Å². The van der Waals surface area contributed by atoms with Crippen molar-refractivity contribution >= 4 is 14.2 Å². The Morgan fingerprint density at radius 3 is 2.17 bits per heavy atom. The summed E-state index contributed by atoms with van der Waals surface area (Å²) in [6, 6.07) is 23.0. The molecule has 0 spiro atoms. The van der Waals surface area contributed by atoms with E-state index in [0.29, 0.717) is 18.9 Å². The van der Waals surface area contributed by atoms with Crippen LogP contribution in [0.3, 0.4) is 0 Å². The quantitative estimate of drug-likeness (QED) is 0.225. The summed E-state index contributed by atoms with van der Waals surface area (Å²) in [5.74, 6) is 2.37. The third kappa shape index (κ3) is 6.74. The molecule has 0 N–H and O–H groups in total. The van der Waals surface area contributed by atoms with E-state index in [0.717, 1.165) is 29.2 Å². The lowest BCUT2D eigenvalue weighted by Crippen LogP contribution is -2.20. The molecule has 0 bridgehead atoms. The number of aromatic nitrogens is 2. The molecule has 0 fully saturated rings. The number of hydrogen-bond acceptors (Lipinski definition) is 3. The third-order valence-corrected chi connectivity index (χ3v) is 6.34. The van der Waals surface area contributed by atoms with Gasteiger partial charge in [0.15, 0.2) is 0 Å². The second kappa shape index (κ2) is 12.6. The summed E-state index contributed by atoms with van der Waals surface area (Å²) in [4.78, 5) is 4.66. The lowest BCUT2D eigenvalue weighted by Gasteiger charge is -2.23. The Hall–Kier alpha value is -3.10. The number of rotatable bonds is 9. The summed E-state index contributed by atoms with van der Waals surface area (Å²) in [6.07, 6.45) is 1.63. The smallest absolute Gasteiger partial charge is 0.226 e. The van der Waals surface area contributed by atoms with Crippen LogP contribution in [0, 0.1) is 20.8 Å². The van der Waals surface area contributed by atoms with Gasteiger partial charge in [0.05, 0.1) is 18.3 Å². The highest BCUT2D eigenvalue weighted by molar-refractivity contribution is 7.21. The molecule has 2 aromatic heterocycles. The average Bonchev–Trinajstić information content (AvgIpc) is 3.41. The standard InChI is InChI=1S/C28H31N2O2P.C2H6/c1-19-10-11-20(2)30(19)27(22(4)33)18-23-12-14-25(15-13-23)31-17-16-26-21(3)32-28(29-26)24-8-6-5-7-9-24;1-2/h5-15,27,33H,16-18H2,1-4H3;1-2H3. The molecule has 2 aromatic carbocycles. The van der Waals surface area contributed by atoms with Crippen molar-refractivity contribution in [1.29, 1.82) is 0 Å². The van der Waals surface area contributed by atoms with E-state index in [1.165, 1.54) is 22.2 Å². The highest BCUT2D eigenvalue weighted by Crippen LogP contribution is 2.25.